The molecule has 0 amide bonds. The third kappa shape index (κ3) is 4.39. The van der Waals surface area contributed by atoms with E-state index in [-0.39, 0.29) is 5.54 Å². The average Bonchev–Trinajstić information content (AvgIpc) is 2.08. The number of hydrogen-bond acceptors (Lipinski definition) is 2. The first-order valence-electron chi connectivity index (χ1n) is 6.09. The zero-order valence-electron chi connectivity index (χ0n) is 11.2. The predicted octanol–water partition coefficient (Wildman–Crippen LogP) is 1.17. The molecule has 3 N–H and O–H groups in total. The van der Waals surface area contributed by atoms with Crippen molar-refractivity contribution in [2.45, 2.75) is 58.2 Å². The predicted molar refractivity (Wildman–Crippen MR) is 69.6 cm³/mol. The summed E-state index contributed by atoms with van der Waals surface area (Å²) in [6.07, 6.45) is 2.20. The van der Waals surface area contributed by atoms with Gasteiger partial charge in [0.15, 0.2) is 5.96 Å². The van der Waals surface area contributed by atoms with Gasteiger partial charge in [-0.3, -0.25) is 4.99 Å². The molecule has 94 valence electrons. The van der Waals surface area contributed by atoms with Gasteiger partial charge in [-0.15, -0.1) is 0 Å². The summed E-state index contributed by atoms with van der Waals surface area (Å²) in [7, 11) is 2.17. The van der Waals surface area contributed by atoms with E-state index < -0.39 is 0 Å². The van der Waals surface area contributed by atoms with Gasteiger partial charge in [-0.2, -0.15) is 0 Å². The van der Waals surface area contributed by atoms with Gasteiger partial charge < -0.3 is 16.0 Å². The van der Waals surface area contributed by atoms with Gasteiger partial charge in [-0.1, -0.05) is 0 Å². The van der Waals surface area contributed by atoms with Gasteiger partial charge in [0.1, 0.15) is 0 Å². The van der Waals surface area contributed by atoms with Crippen molar-refractivity contribution >= 4 is 5.96 Å². The monoisotopic (exact) mass is 226 g/mol. The zero-order chi connectivity index (χ0) is 12.3. The van der Waals surface area contributed by atoms with Crippen LogP contribution in [0.5, 0.6) is 0 Å². The van der Waals surface area contributed by atoms with Crippen LogP contribution in [0.3, 0.4) is 0 Å². The second-order valence-corrected chi connectivity index (χ2v) is 5.90. The molecule has 1 rings (SSSR count). The lowest BCUT2D eigenvalue weighted by molar-refractivity contribution is 0.184. The quantitative estimate of drug-likeness (QED) is 0.521. The molecule has 16 heavy (non-hydrogen) atoms. The molecule has 1 heterocycles. The van der Waals surface area contributed by atoms with Crippen molar-refractivity contribution in [1.82, 2.24) is 10.2 Å². The Bertz CT molecular complexity index is 254. The number of likely N-dealkylation sites (tertiary alicyclic amines) is 1. The summed E-state index contributed by atoms with van der Waals surface area (Å²) in [5, 5.41) is 3.21. The summed E-state index contributed by atoms with van der Waals surface area (Å²) >= 11 is 0. The number of guanidine groups is 1. The van der Waals surface area contributed by atoms with Crippen LogP contribution >= 0.6 is 0 Å². The molecule has 1 aliphatic heterocycles. The van der Waals surface area contributed by atoms with Crippen LogP contribution in [0.15, 0.2) is 4.99 Å². The van der Waals surface area contributed by atoms with Gasteiger partial charge in [-0.05, 0) is 47.6 Å². The Morgan fingerprint density at radius 3 is 2.56 bits per heavy atom. The maximum absolute atomic E-state index is 5.90. The smallest absolute Gasteiger partial charge is 0.189 e. The highest BCUT2D eigenvalue weighted by atomic mass is 15.2. The van der Waals surface area contributed by atoms with Crippen molar-refractivity contribution in [2.24, 2.45) is 10.7 Å². The Morgan fingerprint density at radius 2 is 2.06 bits per heavy atom. The molecular weight excluding hydrogens is 200 g/mol. The maximum Gasteiger partial charge on any atom is 0.189 e. The topological polar surface area (TPSA) is 53.6 Å². The summed E-state index contributed by atoms with van der Waals surface area (Å²) in [4.78, 5) is 6.94. The molecule has 0 bridgehead atoms. The van der Waals surface area contributed by atoms with Crippen LogP contribution in [-0.2, 0) is 0 Å². The molecule has 0 aliphatic carbocycles. The zero-order valence-corrected chi connectivity index (χ0v) is 11.2. The van der Waals surface area contributed by atoms with Gasteiger partial charge in [-0.25, -0.2) is 0 Å². The molecule has 4 nitrogen and oxygen atoms in total. The van der Waals surface area contributed by atoms with E-state index in [4.69, 9.17) is 5.73 Å². The fraction of sp³-hybridized carbons (Fsp3) is 0.917. The normalized spacial score (nSPS) is 29.2. The summed E-state index contributed by atoms with van der Waals surface area (Å²) in [6.45, 7) is 9.62. The first kappa shape index (κ1) is 13.3. The minimum Gasteiger partial charge on any atom is -0.370 e. The van der Waals surface area contributed by atoms with Gasteiger partial charge >= 0.3 is 0 Å². The van der Waals surface area contributed by atoms with Crippen LogP contribution in [0, 0.1) is 0 Å². The van der Waals surface area contributed by atoms with Crippen molar-refractivity contribution < 1.29 is 0 Å². The molecule has 0 saturated carbocycles. The highest BCUT2D eigenvalue weighted by molar-refractivity contribution is 5.78. The minimum absolute atomic E-state index is 0.00927. The summed E-state index contributed by atoms with van der Waals surface area (Å²) < 4.78 is 0. The Labute approximate surface area is 99.3 Å². The average molecular weight is 226 g/mol. The Hall–Kier alpha value is -0.770. The first-order valence-corrected chi connectivity index (χ1v) is 6.09. The number of nitrogens with zero attached hydrogens (tertiary/aromatic N) is 2. The molecule has 1 saturated heterocycles. The van der Waals surface area contributed by atoms with Crippen molar-refractivity contribution in [3.05, 3.63) is 0 Å². The van der Waals surface area contributed by atoms with Gasteiger partial charge in [0.2, 0.25) is 0 Å². The Morgan fingerprint density at radius 1 is 1.44 bits per heavy atom. The van der Waals surface area contributed by atoms with E-state index in [1.807, 2.05) is 0 Å². The van der Waals surface area contributed by atoms with E-state index >= 15 is 0 Å². The van der Waals surface area contributed by atoms with Crippen LogP contribution in [0.4, 0.5) is 0 Å². The number of nitrogens with two attached hydrogens (primary N) is 1. The lowest BCUT2D eigenvalue weighted by atomic mass is 10.00. The summed E-state index contributed by atoms with van der Waals surface area (Å²) in [6, 6.07) is 0.978. The molecule has 0 aromatic rings. The number of piperidine rings is 1. The fourth-order valence-electron chi connectivity index (χ4n) is 2.00. The van der Waals surface area contributed by atoms with Crippen molar-refractivity contribution in [3.8, 4) is 0 Å². The lowest BCUT2D eigenvalue weighted by Crippen LogP contribution is -2.46. The largest absolute Gasteiger partial charge is 0.370 e. The molecule has 0 radical (unpaired) electrons. The third-order valence-electron chi connectivity index (χ3n) is 3.01. The number of rotatable bonds is 1. The van der Waals surface area contributed by atoms with Crippen molar-refractivity contribution in [3.63, 3.8) is 0 Å². The SMILES string of the molecule is CC1CC(N=C(N)NC(C)(C)C)CCN1C. The lowest BCUT2D eigenvalue weighted by Gasteiger charge is -2.33. The molecule has 0 aromatic carbocycles. The molecule has 2 unspecified atom stereocenters. The second-order valence-electron chi connectivity index (χ2n) is 5.90. The minimum atomic E-state index is -0.00927. The maximum atomic E-state index is 5.90. The third-order valence-corrected chi connectivity index (χ3v) is 3.01. The highest BCUT2D eigenvalue weighted by Crippen LogP contribution is 2.17. The Balaban J connectivity index is 2.50. The Kier molecular flexibility index (Phi) is 4.19. The number of hydrogen-bond donors (Lipinski definition) is 2. The molecular formula is C12H26N4. The number of nitrogens with one attached hydrogen (secondary N) is 1. The standard InChI is InChI=1S/C12H26N4/c1-9-8-10(6-7-16(9)5)14-11(13)15-12(2,3)4/h9-10H,6-8H2,1-5H3,(H3,13,14,15). The highest BCUT2D eigenvalue weighted by Gasteiger charge is 2.22. The van der Waals surface area contributed by atoms with Crippen LogP contribution < -0.4 is 11.1 Å². The van der Waals surface area contributed by atoms with Crippen LogP contribution in [0.1, 0.15) is 40.5 Å². The van der Waals surface area contributed by atoms with Gasteiger partial charge in [0, 0.05) is 18.1 Å². The van der Waals surface area contributed by atoms with E-state index in [0.29, 0.717) is 18.0 Å². The van der Waals surface area contributed by atoms with E-state index in [9.17, 15) is 0 Å². The molecule has 1 aliphatic rings. The van der Waals surface area contributed by atoms with E-state index in [0.717, 1.165) is 19.4 Å². The van der Waals surface area contributed by atoms with Crippen molar-refractivity contribution in [1.29, 1.82) is 0 Å². The number of aliphatic imine (C=N–C) groups is 1. The van der Waals surface area contributed by atoms with E-state index in [1.165, 1.54) is 0 Å². The fourth-order valence-corrected chi connectivity index (χ4v) is 2.00. The summed E-state index contributed by atoms with van der Waals surface area (Å²) in [5.74, 6) is 0.578. The van der Waals surface area contributed by atoms with Crippen LogP contribution in [0.2, 0.25) is 0 Å². The van der Waals surface area contributed by atoms with Crippen LogP contribution in [0.25, 0.3) is 0 Å². The second kappa shape index (κ2) is 5.04. The molecule has 0 aromatic heterocycles. The van der Waals surface area contributed by atoms with Crippen LogP contribution in [-0.4, -0.2) is 42.1 Å². The summed E-state index contributed by atoms with van der Waals surface area (Å²) in [5.41, 5.74) is 5.89. The molecule has 2 atom stereocenters. The van der Waals surface area contributed by atoms with Gasteiger partial charge in [0.25, 0.3) is 0 Å². The van der Waals surface area contributed by atoms with Gasteiger partial charge in [0.05, 0.1) is 6.04 Å². The molecule has 4 heteroatoms. The van der Waals surface area contributed by atoms with E-state index in [1.54, 1.807) is 0 Å². The molecule has 0 spiro atoms. The first-order chi connectivity index (χ1) is 7.28. The van der Waals surface area contributed by atoms with E-state index in [2.05, 4.69) is 50.0 Å². The molecule has 1 fully saturated rings. The van der Waals surface area contributed by atoms with Crippen molar-refractivity contribution in [2.75, 3.05) is 13.6 Å².